The summed E-state index contributed by atoms with van der Waals surface area (Å²) in [5.74, 6) is -1.12. The van der Waals surface area contributed by atoms with Gasteiger partial charge in [0.05, 0.1) is 11.1 Å². The van der Waals surface area contributed by atoms with Crippen molar-refractivity contribution in [2.75, 3.05) is 0 Å². The second kappa shape index (κ2) is 9.23. The first kappa shape index (κ1) is 18.2. The first-order valence-corrected chi connectivity index (χ1v) is 8.03. The monoisotopic (exact) mass is 306 g/mol. The van der Waals surface area contributed by atoms with E-state index in [1.807, 2.05) is 0 Å². The number of aryl methyl sites for hydroxylation is 1. The summed E-state index contributed by atoms with van der Waals surface area (Å²) in [6.45, 7) is 3.91. The molecule has 0 unspecified atom stereocenters. The van der Waals surface area contributed by atoms with Crippen LogP contribution in [0.5, 0.6) is 0 Å². The van der Waals surface area contributed by atoms with Crippen molar-refractivity contribution in [3.63, 3.8) is 0 Å². The summed E-state index contributed by atoms with van der Waals surface area (Å²) in [4.78, 5) is 21.1. The number of carbonyl (C=O) groups is 2. The van der Waals surface area contributed by atoms with E-state index in [0.717, 1.165) is 12.0 Å². The Kier molecular flexibility index (Phi) is 7.64. The van der Waals surface area contributed by atoms with Gasteiger partial charge in [0.25, 0.3) is 0 Å². The lowest BCUT2D eigenvalue weighted by atomic mass is 10.0. The maximum absolute atomic E-state index is 10.6. The van der Waals surface area contributed by atoms with Gasteiger partial charge in [0, 0.05) is 0 Å². The van der Waals surface area contributed by atoms with Gasteiger partial charge in [-0.15, -0.1) is 0 Å². The summed E-state index contributed by atoms with van der Waals surface area (Å²) in [6.07, 6.45) is 10.4. The van der Waals surface area contributed by atoms with E-state index in [1.165, 1.54) is 57.1 Å². The molecule has 4 heteroatoms. The Hall–Kier alpha value is -1.84. The number of carboxylic acid groups (broad SMARTS) is 2. The zero-order chi connectivity index (χ0) is 16.5. The summed E-state index contributed by atoms with van der Waals surface area (Å²) in [6, 6.07) is 4.01. The minimum atomic E-state index is -1.12. The van der Waals surface area contributed by atoms with Gasteiger partial charge in [0.2, 0.25) is 0 Å². The van der Waals surface area contributed by atoms with Gasteiger partial charge in [-0.05, 0) is 30.5 Å². The number of rotatable bonds is 5. The average molecular weight is 306 g/mol. The van der Waals surface area contributed by atoms with E-state index in [9.17, 15) is 9.59 Å². The summed E-state index contributed by atoms with van der Waals surface area (Å²) >= 11 is 0. The predicted octanol–water partition coefficient (Wildman–Crippen LogP) is 4.76. The van der Waals surface area contributed by atoms with Crippen LogP contribution in [-0.4, -0.2) is 22.2 Å². The van der Waals surface area contributed by atoms with E-state index in [0.29, 0.717) is 5.56 Å². The van der Waals surface area contributed by atoms with Crippen molar-refractivity contribution in [3.05, 3.63) is 34.9 Å². The molecule has 2 N–H and O–H groups in total. The molecule has 22 heavy (non-hydrogen) atoms. The van der Waals surface area contributed by atoms with Crippen LogP contribution in [0.3, 0.4) is 0 Å². The summed E-state index contributed by atoms with van der Waals surface area (Å²) < 4.78 is 0. The lowest BCUT2D eigenvalue weighted by molar-refractivity contribution is 0.0695. The maximum atomic E-state index is 10.6. The van der Waals surface area contributed by atoms with E-state index in [2.05, 4.69) is 6.92 Å². The van der Waals surface area contributed by atoms with Gasteiger partial charge in [0.15, 0.2) is 0 Å². The smallest absolute Gasteiger partial charge is 0.335 e. The summed E-state index contributed by atoms with van der Waals surface area (Å²) in [7, 11) is 0. The lowest BCUT2D eigenvalue weighted by Gasteiger charge is -2.05. The molecule has 1 aliphatic carbocycles. The second-order valence-corrected chi connectivity index (χ2v) is 5.93. The third-order valence-electron chi connectivity index (χ3n) is 4.16. The Morgan fingerprint density at radius 1 is 1.14 bits per heavy atom. The van der Waals surface area contributed by atoms with E-state index < -0.39 is 11.9 Å². The van der Waals surface area contributed by atoms with Crippen LogP contribution in [-0.2, 0) is 0 Å². The number of aromatic carboxylic acids is 2. The van der Waals surface area contributed by atoms with Crippen LogP contribution in [0, 0.1) is 12.8 Å². The molecule has 0 radical (unpaired) electrons. The average Bonchev–Trinajstić information content (AvgIpc) is 2.99. The highest BCUT2D eigenvalue weighted by Gasteiger charge is 2.13. The number of hydrogen-bond donors (Lipinski definition) is 2. The molecule has 1 saturated carbocycles. The highest BCUT2D eigenvalue weighted by atomic mass is 16.4. The highest BCUT2D eigenvalue weighted by Crippen LogP contribution is 2.28. The van der Waals surface area contributed by atoms with Gasteiger partial charge >= 0.3 is 11.9 Å². The van der Waals surface area contributed by atoms with E-state index in [1.54, 1.807) is 6.92 Å². The molecule has 1 fully saturated rings. The van der Waals surface area contributed by atoms with Crippen LogP contribution in [0.25, 0.3) is 0 Å². The molecular formula is C18H26O4. The van der Waals surface area contributed by atoms with Crippen molar-refractivity contribution >= 4 is 11.9 Å². The van der Waals surface area contributed by atoms with Crippen molar-refractivity contribution < 1.29 is 19.8 Å². The molecule has 0 amide bonds. The Labute approximate surface area is 132 Å². The largest absolute Gasteiger partial charge is 0.478 e. The summed E-state index contributed by atoms with van der Waals surface area (Å²) in [5, 5.41) is 17.3. The van der Waals surface area contributed by atoms with Crippen LogP contribution < -0.4 is 0 Å². The van der Waals surface area contributed by atoms with Crippen LogP contribution in [0.15, 0.2) is 18.2 Å². The van der Waals surface area contributed by atoms with Crippen LogP contribution >= 0.6 is 0 Å². The fourth-order valence-electron chi connectivity index (χ4n) is 2.78. The maximum Gasteiger partial charge on any atom is 0.335 e. The molecular weight excluding hydrogens is 280 g/mol. The number of hydrogen-bond acceptors (Lipinski definition) is 2. The molecule has 0 spiro atoms. The van der Waals surface area contributed by atoms with Gasteiger partial charge in [0.1, 0.15) is 0 Å². The van der Waals surface area contributed by atoms with Gasteiger partial charge in [-0.3, -0.25) is 0 Å². The summed E-state index contributed by atoms with van der Waals surface area (Å²) in [5.41, 5.74) is 0.570. The zero-order valence-corrected chi connectivity index (χ0v) is 13.5. The fourth-order valence-corrected chi connectivity index (χ4v) is 2.78. The Balaban J connectivity index is 0.000000235. The number of unbranched alkanes of at least 4 members (excludes halogenated alkanes) is 1. The molecule has 122 valence electrons. The number of carboxylic acids is 2. The molecule has 1 aromatic rings. The third-order valence-corrected chi connectivity index (χ3v) is 4.16. The van der Waals surface area contributed by atoms with E-state index in [4.69, 9.17) is 10.2 Å². The normalized spacial score (nSPS) is 14.3. The molecule has 0 heterocycles. The van der Waals surface area contributed by atoms with Gasteiger partial charge in [-0.1, -0.05) is 57.9 Å². The minimum absolute atomic E-state index is 0.0111. The minimum Gasteiger partial charge on any atom is -0.478 e. The standard InChI is InChI=1S/C9H8O4.C9H18/c1-5-2-3-6(8(10)11)4-7(5)9(12)13;1-2-3-6-9-7-4-5-8-9/h2-4H,1H3,(H,10,11)(H,12,13);9H,2-8H2,1H3. The van der Waals surface area contributed by atoms with Crippen molar-refractivity contribution in [1.82, 2.24) is 0 Å². The van der Waals surface area contributed by atoms with Crippen molar-refractivity contribution in [3.8, 4) is 0 Å². The molecule has 2 rings (SSSR count). The molecule has 0 saturated heterocycles. The molecule has 0 bridgehead atoms. The molecule has 0 atom stereocenters. The third kappa shape index (κ3) is 5.88. The van der Waals surface area contributed by atoms with Crippen LogP contribution in [0.2, 0.25) is 0 Å². The molecule has 1 aromatic carbocycles. The Bertz CT molecular complexity index is 502. The lowest BCUT2D eigenvalue weighted by Crippen LogP contribution is -2.03. The predicted molar refractivity (Wildman–Crippen MR) is 86.6 cm³/mol. The Morgan fingerprint density at radius 2 is 1.77 bits per heavy atom. The quantitative estimate of drug-likeness (QED) is 0.822. The van der Waals surface area contributed by atoms with Crippen molar-refractivity contribution in [2.24, 2.45) is 5.92 Å². The SMILES string of the molecule is CCCCC1CCCC1.Cc1ccc(C(=O)O)cc1C(=O)O. The van der Waals surface area contributed by atoms with Crippen LogP contribution in [0.4, 0.5) is 0 Å². The molecule has 0 aliphatic heterocycles. The number of benzene rings is 1. The molecule has 0 aromatic heterocycles. The molecule has 4 nitrogen and oxygen atoms in total. The van der Waals surface area contributed by atoms with Crippen molar-refractivity contribution in [2.45, 2.75) is 58.8 Å². The van der Waals surface area contributed by atoms with Crippen LogP contribution in [0.1, 0.15) is 78.1 Å². The first-order valence-electron chi connectivity index (χ1n) is 8.03. The topological polar surface area (TPSA) is 74.6 Å². The Morgan fingerprint density at radius 3 is 2.27 bits per heavy atom. The fraction of sp³-hybridized carbons (Fsp3) is 0.556. The van der Waals surface area contributed by atoms with E-state index in [-0.39, 0.29) is 11.1 Å². The van der Waals surface area contributed by atoms with E-state index >= 15 is 0 Å². The second-order valence-electron chi connectivity index (χ2n) is 5.93. The zero-order valence-electron chi connectivity index (χ0n) is 13.5. The first-order chi connectivity index (χ1) is 10.5. The molecule has 1 aliphatic rings. The van der Waals surface area contributed by atoms with Gasteiger partial charge in [-0.2, -0.15) is 0 Å². The van der Waals surface area contributed by atoms with Crippen molar-refractivity contribution in [1.29, 1.82) is 0 Å². The highest BCUT2D eigenvalue weighted by molar-refractivity contribution is 5.94. The van der Waals surface area contributed by atoms with Gasteiger partial charge in [-0.25, -0.2) is 9.59 Å². The van der Waals surface area contributed by atoms with Gasteiger partial charge < -0.3 is 10.2 Å².